The van der Waals surface area contributed by atoms with E-state index in [0.29, 0.717) is 0 Å². The SMILES string of the molecule is CC=CC(O)(C=CC)CC(O)(S)S. The van der Waals surface area contributed by atoms with Crippen LogP contribution in [0.15, 0.2) is 24.3 Å². The molecule has 0 radical (unpaired) electrons. The van der Waals surface area contributed by atoms with Gasteiger partial charge in [0, 0.05) is 6.42 Å². The Morgan fingerprint density at radius 3 is 1.69 bits per heavy atom. The summed E-state index contributed by atoms with van der Waals surface area (Å²) in [5.74, 6) is 0. The molecule has 76 valence electrons. The van der Waals surface area contributed by atoms with Crippen LogP contribution in [0.25, 0.3) is 0 Å². The Bertz CT molecular complexity index is 192. The van der Waals surface area contributed by atoms with Crippen LogP contribution in [-0.2, 0) is 0 Å². The number of hydrogen-bond acceptors (Lipinski definition) is 4. The molecular formula is C9H16O2S2. The van der Waals surface area contributed by atoms with Crippen molar-refractivity contribution in [2.45, 2.75) is 30.1 Å². The van der Waals surface area contributed by atoms with Gasteiger partial charge in [-0.1, -0.05) is 24.3 Å². The second-order valence-electron chi connectivity index (χ2n) is 2.94. The van der Waals surface area contributed by atoms with Crippen LogP contribution in [0.3, 0.4) is 0 Å². The first-order chi connectivity index (χ1) is 5.83. The molecule has 0 unspecified atom stereocenters. The zero-order valence-corrected chi connectivity index (χ0v) is 9.59. The van der Waals surface area contributed by atoms with E-state index in [1.807, 2.05) is 0 Å². The summed E-state index contributed by atoms with van der Waals surface area (Å²) in [5, 5.41) is 19.2. The van der Waals surface area contributed by atoms with Crippen molar-refractivity contribution in [3.63, 3.8) is 0 Å². The Morgan fingerprint density at radius 2 is 1.46 bits per heavy atom. The van der Waals surface area contributed by atoms with Gasteiger partial charge in [0.25, 0.3) is 0 Å². The third kappa shape index (κ3) is 6.21. The molecule has 0 spiro atoms. The minimum Gasteiger partial charge on any atom is -0.381 e. The van der Waals surface area contributed by atoms with Crippen LogP contribution < -0.4 is 0 Å². The van der Waals surface area contributed by atoms with Gasteiger partial charge in [-0.05, 0) is 13.8 Å². The van der Waals surface area contributed by atoms with Crippen LogP contribution in [0, 0.1) is 0 Å². The Labute approximate surface area is 90.2 Å². The summed E-state index contributed by atoms with van der Waals surface area (Å²) in [6.07, 6.45) is 6.64. The Kier molecular flexibility index (Phi) is 5.14. The molecule has 2 nitrogen and oxygen atoms in total. The summed E-state index contributed by atoms with van der Waals surface area (Å²) in [5.41, 5.74) is -1.18. The Morgan fingerprint density at radius 1 is 1.08 bits per heavy atom. The molecule has 13 heavy (non-hydrogen) atoms. The van der Waals surface area contributed by atoms with E-state index in [2.05, 4.69) is 25.3 Å². The van der Waals surface area contributed by atoms with Gasteiger partial charge in [-0.15, -0.1) is 25.3 Å². The Balaban J connectivity index is 4.61. The van der Waals surface area contributed by atoms with Gasteiger partial charge in [0.05, 0.1) is 0 Å². The normalized spacial score (nSPS) is 18.3. The lowest BCUT2D eigenvalue weighted by molar-refractivity contribution is 0.0836. The van der Waals surface area contributed by atoms with E-state index in [1.54, 1.807) is 38.2 Å². The van der Waals surface area contributed by atoms with Gasteiger partial charge >= 0.3 is 0 Å². The van der Waals surface area contributed by atoms with Crippen molar-refractivity contribution in [1.29, 1.82) is 0 Å². The molecule has 0 aromatic carbocycles. The molecule has 0 bridgehead atoms. The average Bonchev–Trinajstić information content (AvgIpc) is 1.82. The van der Waals surface area contributed by atoms with E-state index in [0.717, 1.165) is 0 Å². The maximum Gasteiger partial charge on any atom is 0.155 e. The van der Waals surface area contributed by atoms with Gasteiger partial charge in [-0.25, -0.2) is 0 Å². The highest BCUT2D eigenvalue weighted by Crippen LogP contribution is 2.29. The van der Waals surface area contributed by atoms with Crippen LogP contribution >= 0.6 is 25.3 Å². The molecule has 0 amide bonds. The van der Waals surface area contributed by atoms with Crippen LogP contribution in [0.1, 0.15) is 20.3 Å². The lowest BCUT2D eigenvalue weighted by atomic mass is 9.99. The lowest BCUT2D eigenvalue weighted by Gasteiger charge is -2.26. The summed E-state index contributed by atoms with van der Waals surface area (Å²) < 4.78 is -1.48. The zero-order valence-electron chi connectivity index (χ0n) is 7.81. The largest absolute Gasteiger partial charge is 0.381 e. The smallest absolute Gasteiger partial charge is 0.155 e. The van der Waals surface area contributed by atoms with E-state index < -0.39 is 9.87 Å². The van der Waals surface area contributed by atoms with Crippen molar-refractivity contribution in [1.82, 2.24) is 0 Å². The maximum atomic E-state index is 9.92. The van der Waals surface area contributed by atoms with Gasteiger partial charge in [-0.3, -0.25) is 0 Å². The van der Waals surface area contributed by atoms with Gasteiger partial charge in [-0.2, -0.15) is 0 Å². The minimum absolute atomic E-state index is 0.0287. The fraction of sp³-hybridized carbons (Fsp3) is 0.556. The first kappa shape index (κ1) is 13.1. The Hall–Kier alpha value is 0.1000. The zero-order chi connectivity index (χ0) is 10.5. The molecule has 0 aromatic heterocycles. The summed E-state index contributed by atoms with van der Waals surface area (Å²) in [4.78, 5) is 0. The molecule has 0 fully saturated rings. The summed E-state index contributed by atoms with van der Waals surface area (Å²) >= 11 is 7.65. The molecule has 0 rings (SSSR count). The maximum absolute atomic E-state index is 9.92. The quantitative estimate of drug-likeness (QED) is 0.331. The predicted octanol–water partition coefficient (Wildman–Crippen LogP) is 1.77. The molecule has 0 aliphatic rings. The lowest BCUT2D eigenvalue weighted by Crippen LogP contribution is -2.31. The monoisotopic (exact) mass is 220 g/mol. The highest BCUT2D eigenvalue weighted by atomic mass is 32.2. The summed E-state index contributed by atoms with van der Waals surface area (Å²) in [6.45, 7) is 3.59. The van der Waals surface area contributed by atoms with Crippen molar-refractivity contribution in [3.05, 3.63) is 24.3 Å². The minimum atomic E-state index is -1.48. The van der Waals surface area contributed by atoms with Gasteiger partial charge in [0.1, 0.15) is 5.60 Å². The molecule has 2 N–H and O–H groups in total. The van der Waals surface area contributed by atoms with Crippen LogP contribution in [0.2, 0.25) is 0 Å². The fourth-order valence-electron chi connectivity index (χ4n) is 1.13. The number of thiol groups is 2. The number of allylic oxidation sites excluding steroid dienone is 2. The first-order valence-corrected chi connectivity index (χ1v) is 4.89. The molecule has 0 aliphatic carbocycles. The third-order valence-electron chi connectivity index (χ3n) is 1.43. The highest BCUT2D eigenvalue weighted by molar-refractivity contribution is 8.00. The van der Waals surface area contributed by atoms with Crippen molar-refractivity contribution >= 4 is 25.3 Å². The van der Waals surface area contributed by atoms with E-state index in [-0.39, 0.29) is 6.42 Å². The second kappa shape index (κ2) is 5.10. The summed E-state index contributed by atoms with van der Waals surface area (Å²) in [6, 6.07) is 0. The van der Waals surface area contributed by atoms with Gasteiger partial charge in [0.15, 0.2) is 4.27 Å². The topological polar surface area (TPSA) is 40.5 Å². The van der Waals surface area contributed by atoms with Gasteiger partial charge < -0.3 is 10.2 Å². The molecule has 0 atom stereocenters. The molecule has 0 aromatic rings. The number of aliphatic hydroxyl groups is 2. The number of rotatable bonds is 4. The molecule has 0 aliphatic heterocycles. The predicted molar refractivity (Wildman–Crippen MR) is 62.1 cm³/mol. The fourth-order valence-corrected chi connectivity index (χ4v) is 1.64. The molecule has 4 heteroatoms. The standard InChI is InChI=1S/C9H16O2S2/c1-3-5-8(10,6-4-2)7-9(11,12)13/h3-6,10-13H,7H2,1-2H3. The first-order valence-electron chi connectivity index (χ1n) is 4.00. The highest BCUT2D eigenvalue weighted by Gasteiger charge is 2.29. The average molecular weight is 220 g/mol. The van der Waals surface area contributed by atoms with Crippen molar-refractivity contribution in [2.75, 3.05) is 0 Å². The van der Waals surface area contributed by atoms with Crippen LogP contribution in [0.5, 0.6) is 0 Å². The summed E-state index contributed by atoms with van der Waals surface area (Å²) in [7, 11) is 0. The molecule has 0 saturated carbocycles. The number of hydrogen-bond donors (Lipinski definition) is 4. The van der Waals surface area contributed by atoms with E-state index in [1.165, 1.54) is 0 Å². The van der Waals surface area contributed by atoms with Crippen LogP contribution in [0.4, 0.5) is 0 Å². The van der Waals surface area contributed by atoms with E-state index in [4.69, 9.17) is 0 Å². The van der Waals surface area contributed by atoms with E-state index in [9.17, 15) is 10.2 Å². The third-order valence-corrected chi connectivity index (χ3v) is 1.75. The molecule has 0 saturated heterocycles. The molecule has 0 heterocycles. The van der Waals surface area contributed by atoms with Crippen molar-refractivity contribution in [3.8, 4) is 0 Å². The van der Waals surface area contributed by atoms with Crippen LogP contribution in [-0.4, -0.2) is 20.1 Å². The molecular weight excluding hydrogens is 204 g/mol. The second-order valence-corrected chi connectivity index (χ2v) is 4.77. The van der Waals surface area contributed by atoms with E-state index >= 15 is 0 Å². The van der Waals surface area contributed by atoms with Crippen molar-refractivity contribution in [2.24, 2.45) is 0 Å². The van der Waals surface area contributed by atoms with Gasteiger partial charge in [0.2, 0.25) is 0 Å². The van der Waals surface area contributed by atoms with Crippen molar-refractivity contribution < 1.29 is 10.2 Å².